The van der Waals surface area contributed by atoms with E-state index in [0.29, 0.717) is 31.1 Å². The van der Waals surface area contributed by atoms with E-state index in [2.05, 4.69) is 6.07 Å². The first-order valence-electron chi connectivity index (χ1n) is 4.66. The summed E-state index contributed by atoms with van der Waals surface area (Å²) >= 11 is 0. The summed E-state index contributed by atoms with van der Waals surface area (Å²) in [4.78, 5) is 0. The van der Waals surface area contributed by atoms with E-state index in [-0.39, 0.29) is 0 Å². The van der Waals surface area contributed by atoms with Gasteiger partial charge in [0, 0.05) is 6.54 Å². The van der Waals surface area contributed by atoms with E-state index >= 15 is 0 Å². The van der Waals surface area contributed by atoms with Crippen LogP contribution in [0.25, 0.3) is 0 Å². The molecule has 0 atom stereocenters. The molecule has 0 aliphatic rings. The molecule has 1 rings (SSSR count). The standard InChI is InChI=1S/C11H14N2O2/c1-14-11-6-9(8-15-5-4-12)2-3-10(11)7-13/h2-3,6H,4-5,8,12H2,1H3. The Hall–Kier alpha value is -1.57. The molecule has 0 heterocycles. The first-order chi connectivity index (χ1) is 7.31. The maximum atomic E-state index is 8.78. The summed E-state index contributed by atoms with van der Waals surface area (Å²) in [5.41, 5.74) is 6.80. The molecule has 0 spiro atoms. The van der Waals surface area contributed by atoms with Crippen molar-refractivity contribution in [2.75, 3.05) is 20.3 Å². The Balaban J connectivity index is 2.71. The summed E-state index contributed by atoms with van der Waals surface area (Å²) in [6, 6.07) is 7.42. The Labute approximate surface area is 89.2 Å². The second-order valence-corrected chi connectivity index (χ2v) is 2.99. The summed E-state index contributed by atoms with van der Waals surface area (Å²) in [5, 5.41) is 8.78. The fourth-order valence-corrected chi connectivity index (χ4v) is 1.19. The quantitative estimate of drug-likeness (QED) is 0.731. The molecule has 4 nitrogen and oxygen atoms in total. The molecule has 0 amide bonds. The van der Waals surface area contributed by atoms with Crippen LogP contribution in [0.4, 0.5) is 0 Å². The van der Waals surface area contributed by atoms with Gasteiger partial charge in [-0.05, 0) is 17.7 Å². The highest BCUT2D eigenvalue weighted by molar-refractivity contribution is 5.45. The van der Waals surface area contributed by atoms with E-state index in [1.165, 1.54) is 0 Å². The van der Waals surface area contributed by atoms with E-state index in [9.17, 15) is 0 Å². The van der Waals surface area contributed by atoms with Crippen molar-refractivity contribution in [3.05, 3.63) is 29.3 Å². The van der Waals surface area contributed by atoms with Crippen molar-refractivity contribution < 1.29 is 9.47 Å². The predicted octanol–water partition coefficient (Wildman–Crippen LogP) is 1.04. The van der Waals surface area contributed by atoms with Gasteiger partial charge in [-0.15, -0.1) is 0 Å². The van der Waals surface area contributed by atoms with E-state index in [1.807, 2.05) is 6.07 Å². The predicted molar refractivity (Wildman–Crippen MR) is 56.4 cm³/mol. The molecule has 0 aliphatic carbocycles. The first-order valence-corrected chi connectivity index (χ1v) is 4.66. The number of nitrogens with two attached hydrogens (primary N) is 1. The van der Waals surface area contributed by atoms with Gasteiger partial charge in [-0.2, -0.15) is 5.26 Å². The largest absolute Gasteiger partial charge is 0.495 e. The van der Waals surface area contributed by atoms with Crippen molar-refractivity contribution in [1.29, 1.82) is 5.26 Å². The lowest BCUT2D eigenvalue weighted by Crippen LogP contribution is -2.08. The summed E-state index contributed by atoms with van der Waals surface area (Å²) in [6.45, 7) is 1.52. The number of nitriles is 1. The van der Waals surface area contributed by atoms with Crippen LogP contribution in [0.3, 0.4) is 0 Å². The zero-order chi connectivity index (χ0) is 11.1. The zero-order valence-corrected chi connectivity index (χ0v) is 8.69. The minimum Gasteiger partial charge on any atom is -0.495 e. The highest BCUT2D eigenvalue weighted by Gasteiger charge is 2.03. The minimum atomic E-state index is 0.485. The molecule has 0 radical (unpaired) electrons. The Morgan fingerprint density at radius 3 is 2.87 bits per heavy atom. The molecule has 0 saturated heterocycles. The van der Waals surface area contributed by atoms with Gasteiger partial charge in [0.15, 0.2) is 0 Å². The molecule has 2 N–H and O–H groups in total. The maximum Gasteiger partial charge on any atom is 0.136 e. The summed E-state index contributed by atoms with van der Waals surface area (Å²) < 4.78 is 10.4. The van der Waals surface area contributed by atoms with Gasteiger partial charge >= 0.3 is 0 Å². The van der Waals surface area contributed by atoms with E-state index in [1.54, 1.807) is 19.2 Å². The molecule has 1 aromatic rings. The van der Waals surface area contributed by atoms with E-state index in [4.69, 9.17) is 20.5 Å². The second kappa shape index (κ2) is 6.02. The summed E-state index contributed by atoms with van der Waals surface area (Å²) in [6.07, 6.45) is 0. The van der Waals surface area contributed by atoms with Crippen molar-refractivity contribution in [3.63, 3.8) is 0 Å². The molecule has 1 aromatic carbocycles. The van der Waals surface area contributed by atoms with Gasteiger partial charge in [0.25, 0.3) is 0 Å². The summed E-state index contributed by atoms with van der Waals surface area (Å²) in [5.74, 6) is 0.575. The van der Waals surface area contributed by atoms with Gasteiger partial charge in [0.1, 0.15) is 11.8 Å². The van der Waals surface area contributed by atoms with Gasteiger partial charge < -0.3 is 15.2 Å². The Morgan fingerprint density at radius 2 is 2.27 bits per heavy atom. The number of ether oxygens (including phenoxy) is 2. The smallest absolute Gasteiger partial charge is 0.136 e. The van der Waals surface area contributed by atoms with Crippen LogP contribution in [-0.2, 0) is 11.3 Å². The van der Waals surface area contributed by atoms with Crippen molar-refractivity contribution in [2.24, 2.45) is 5.73 Å². The molecule has 0 aromatic heterocycles. The van der Waals surface area contributed by atoms with Gasteiger partial charge in [0.05, 0.1) is 25.9 Å². The van der Waals surface area contributed by atoms with Crippen molar-refractivity contribution in [2.45, 2.75) is 6.61 Å². The molecule has 15 heavy (non-hydrogen) atoms. The highest BCUT2D eigenvalue weighted by Crippen LogP contribution is 2.19. The average molecular weight is 206 g/mol. The number of hydrogen-bond acceptors (Lipinski definition) is 4. The topological polar surface area (TPSA) is 68.3 Å². The SMILES string of the molecule is COc1cc(COCCN)ccc1C#N. The van der Waals surface area contributed by atoms with Crippen LogP contribution in [0.5, 0.6) is 5.75 Å². The van der Waals surface area contributed by atoms with Crippen LogP contribution in [0, 0.1) is 11.3 Å². The van der Waals surface area contributed by atoms with Crippen LogP contribution in [-0.4, -0.2) is 20.3 Å². The fourth-order valence-electron chi connectivity index (χ4n) is 1.19. The van der Waals surface area contributed by atoms with Gasteiger partial charge in [0.2, 0.25) is 0 Å². The minimum absolute atomic E-state index is 0.485. The van der Waals surface area contributed by atoms with Crippen LogP contribution < -0.4 is 10.5 Å². The molecule has 0 fully saturated rings. The second-order valence-electron chi connectivity index (χ2n) is 2.99. The van der Waals surface area contributed by atoms with E-state index in [0.717, 1.165) is 5.56 Å². The Bertz CT molecular complexity index is 358. The molecule has 0 bridgehead atoms. The van der Waals surface area contributed by atoms with Gasteiger partial charge in [-0.3, -0.25) is 0 Å². The summed E-state index contributed by atoms with van der Waals surface area (Å²) in [7, 11) is 1.54. The van der Waals surface area contributed by atoms with Crippen LogP contribution in [0.1, 0.15) is 11.1 Å². The lowest BCUT2D eigenvalue weighted by atomic mass is 10.1. The zero-order valence-electron chi connectivity index (χ0n) is 8.69. The monoisotopic (exact) mass is 206 g/mol. The molecule has 80 valence electrons. The lowest BCUT2D eigenvalue weighted by Gasteiger charge is -2.06. The average Bonchev–Trinajstić information content (AvgIpc) is 2.29. The molecule has 0 saturated carbocycles. The highest BCUT2D eigenvalue weighted by atomic mass is 16.5. The van der Waals surface area contributed by atoms with E-state index < -0.39 is 0 Å². The normalized spacial score (nSPS) is 9.67. The molecular formula is C11H14N2O2. The first kappa shape index (κ1) is 11.5. The van der Waals surface area contributed by atoms with Crippen LogP contribution >= 0.6 is 0 Å². The van der Waals surface area contributed by atoms with Gasteiger partial charge in [-0.25, -0.2) is 0 Å². The third-order valence-corrected chi connectivity index (χ3v) is 1.92. The molecule has 0 unspecified atom stereocenters. The van der Waals surface area contributed by atoms with Crippen LogP contribution in [0.15, 0.2) is 18.2 Å². The fraction of sp³-hybridized carbons (Fsp3) is 0.364. The Kier molecular flexibility index (Phi) is 4.61. The van der Waals surface area contributed by atoms with Crippen LogP contribution in [0.2, 0.25) is 0 Å². The van der Waals surface area contributed by atoms with Gasteiger partial charge in [-0.1, -0.05) is 6.07 Å². The van der Waals surface area contributed by atoms with Crippen molar-refractivity contribution in [1.82, 2.24) is 0 Å². The molecule has 0 aliphatic heterocycles. The third-order valence-electron chi connectivity index (χ3n) is 1.92. The lowest BCUT2D eigenvalue weighted by molar-refractivity contribution is 0.128. The number of nitrogens with zero attached hydrogens (tertiary/aromatic N) is 1. The third kappa shape index (κ3) is 3.24. The number of benzene rings is 1. The maximum absolute atomic E-state index is 8.78. The number of methoxy groups -OCH3 is 1. The number of hydrogen-bond donors (Lipinski definition) is 1. The molecule has 4 heteroatoms. The number of rotatable bonds is 5. The van der Waals surface area contributed by atoms with Crippen molar-refractivity contribution >= 4 is 0 Å². The van der Waals surface area contributed by atoms with Crippen molar-refractivity contribution in [3.8, 4) is 11.8 Å². The molecular weight excluding hydrogens is 192 g/mol. The Morgan fingerprint density at radius 1 is 1.47 bits per heavy atom.